The summed E-state index contributed by atoms with van der Waals surface area (Å²) in [5, 5.41) is 26.4. The van der Waals surface area contributed by atoms with E-state index < -0.39 is 6.10 Å². The Labute approximate surface area is 85.1 Å². The van der Waals surface area contributed by atoms with Crippen LogP contribution in [0.2, 0.25) is 0 Å². The van der Waals surface area contributed by atoms with Crippen molar-refractivity contribution < 1.29 is 24.5 Å². The van der Waals surface area contributed by atoms with Crippen molar-refractivity contribution in [2.24, 2.45) is 0 Å². The number of rotatable bonds is 8. The summed E-state index contributed by atoms with van der Waals surface area (Å²) in [5.41, 5.74) is 0. The Balaban J connectivity index is 3.60. The van der Waals surface area contributed by atoms with Gasteiger partial charge in [-0.05, 0) is 0 Å². The second-order valence-electron chi connectivity index (χ2n) is 4.01. The predicted molar refractivity (Wildman–Crippen MR) is 52.8 cm³/mol. The first-order chi connectivity index (χ1) is 6.52. The molecule has 5 nitrogen and oxygen atoms in total. The van der Waals surface area contributed by atoms with Crippen molar-refractivity contribution in [3.8, 4) is 0 Å². The molecule has 0 saturated heterocycles. The van der Waals surface area contributed by atoms with E-state index in [2.05, 4.69) is 0 Å². The highest BCUT2D eigenvalue weighted by Crippen LogP contribution is 1.99. The number of nitrogens with zero attached hydrogens (tertiary/aromatic N) is 1. The lowest BCUT2D eigenvalue weighted by Crippen LogP contribution is -2.48. The molecule has 0 aromatic heterocycles. The Bertz CT molecular complexity index is 141. The number of aliphatic hydroxyl groups is 3. The maximum Gasteiger partial charge on any atom is 0.126 e. The lowest BCUT2D eigenvalue weighted by atomic mass is 10.3. The maximum absolute atomic E-state index is 9.25. The molecule has 1 atom stereocenters. The molecule has 0 radical (unpaired) electrons. The van der Waals surface area contributed by atoms with Gasteiger partial charge in [0, 0.05) is 0 Å². The van der Waals surface area contributed by atoms with Crippen LogP contribution >= 0.6 is 0 Å². The summed E-state index contributed by atoms with van der Waals surface area (Å²) in [5.74, 6) is 0. The standard InChI is InChI=1S/C9H22NO4/c1-10(2,7-9(13)8-12)3-5-14-6-4-11/h9,11-13H,3-8H2,1-2H3/q+1. The van der Waals surface area contributed by atoms with E-state index in [0.717, 1.165) is 6.54 Å². The highest BCUT2D eigenvalue weighted by atomic mass is 16.5. The quantitative estimate of drug-likeness (QED) is 0.333. The number of hydrogen-bond acceptors (Lipinski definition) is 4. The molecule has 0 aliphatic rings. The smallest absolute Gasteiger partial charge is 0.126 e. The van der Waals surface area contributed by atoms with E-state index in [0.29, 0.717) is 24.2 Å². The molecule has 0 aliphatic carbocycles. The first kappa shape index (κ1) is 13.8. The van der Waals surface area contributed by atoms with Gasteiger partial charge in [0.25, 0.3) is 0 Å². The molecular weight excluding hydrogens is 186 g/mol. The fourth-order valence-electron chi connectivity index (χ4n) is 1.20. The molecule has 0 saturated carbocycles. The second kappa shape index (κ2) is 7.14. The Kier molecular flexibility index (Phi) is 7.04. The summed E-state index contributed by atoms with van der Waals surface area (Å²) in [6, 6.07) is 0. The third-order valence-corrected chi connectivity index (χ3v) is 1.99. The van der Waals surface area contributed by atoms with Crippen molar-refractivity contribution in [2.45, 2.75) is 6.10 Å². The van der Waals surface area contributed by atoms with Crippen LogP contribution < -0.4 is 0 Å². The molecule has 0 aromatic rings. The summed E-state index contributed by atoms with van der Waals surface area (Å²) in [7, 11) is 3.92. The van der Waals surface area contributed by atoms with Crippen molar-refractivity contribution in [3.63, 3.8) is 0 Å². The van der Waals surface area contributed by atoms with Gasteiger partial charge in [0.2, 0.25) is 0 Å². The first-order valence-corrected chi connectivity index (χ1v) is 4.81. The van der Waals surface area contributed by atoms with E-state index in [1.807, 2.05) is 14.1 Å². The van der Waals surface area contributed by atoms with E-state index in [1.165, 1.54) is 0 Å². The largest absolute Gasteiger partial charge is 0.394 e. The van der Waals surface area contributed by atoms with Gasteiger partial charge in [-0.2, -0.15) is 0 Å². The topological polar surface area (TPSA) is 69.9 Å². The van der Waals surface area contributed by atoms with Gasteiger partial charge in [-0.25, -0.2) is 0 Å². The minimum Gasteiger partial charge on any atom is -0.394 e. The Morgan fingerprint density at radius 2 is 1.86 bits per heavy atom. The number of likely N-dealkylation sites (N-methyl/N-ethyl adjacent to an activating group) is 1. The van der Waals surface area contributed by atoms with E-state index in [9.17, 15) is 5.11 Å². The van der Waals surface area contributed by atoms with E-state index in [-0.39, 0.29) is 13.2 Å². The molecule has 0 amide bonds. The van der Waals surface area contributed by atoms with Crippen LogP contribution in [-0.4, -0.2) is 79.5 Å². The molecule has 14 heavy (non-hydrogen) atoms. The van der Waals surface area contributed by atoms with Gasteiger partial charge in [0.05, 0.1) is 40.5 Å². The van der Waals surface area contributed by atoms with Crippen molar-refractivity contribution in [1.29, 1.82) is 0 Å². The molecule has 0 heterocycles. The SMILES string of the molecule is C[N+](C)(CCOCCO)CC(O)CO. The zero-order valence-corrected chi connectivity index (χ0v) is 9.02. The Morgan fingerprint density at radius 1 is 1.21 bits per heavy atom. The van der Waals surface area contributed by atoms with E-state index >= 15 is 0 Å². The van der Waals surface area contributed by atoms with Crippen molar-refractivity contribution in [2.75, 3.05) is 53.6 Å². The molecule has 86 valence electrons. The molecule has 0 aromatic carbocycles. The number of ether oxygens (including phenoxy) is 1. The first-order valence-electron chi connectivity index (χ1n) is 4.81. The number of hydrogen-bond donors (Lipinski definition) is 3. The molecule has 0 rings (SSSR count). The van der Waals surface area contributed by atoms with Crippen molar-refractivity contribution >= 4 is 0 Å². The van der Waals surface area contributed by atoms with Gasteiger partial charge < -0.3 is 24.5 Å². The van der Waals surface area contributed by atoms with Gasteiger partial charge >= 0.3 is 0 Å². The van der Waals surface area contributed by atoms with Crippen LogP contribution in [0, 0.1) is 0 Å². The summed E-state index contributed by atoms with van der Waals surface area (Å²) in [4.78, 5) is 0. The van der Waals surface area contributed by atoms with Gasteiger partial charge in [-0.15, -0.1) is 0 Å². The molecule has 0 fully saturated rings. The van der Waals surface area contributed by atoms with Crippen LogP contribution in [0.4, 0.5) is 0 Å². The van der Waals surface area contributed by atoms with Gasteiger partial charge in [0.1, 0.15) is 19.2 Å². The van der Waals surface area contributed by atoms with Gasteiger partial charge in [-0.1, -0.05) is 0 Å². The maximum atomic E-state index is 9.25. The highest BCUT2D eigenvalue weighted by Gasteiger charge is 2.19. The monoisotopic (exact) mass is 208 g/mol. The minimum atomic E-state index is -0.678. The lowest BCUT2D eigenvalue weighted by molar-refractivity contribution is -0.893. The lowest BCUT2D eigenvalue weighted by Gasteiger charge is -2.31. The average Bonchev–Trinajstić information content (AvgIpc) is 2.12. The van der Waals surface area contributed by atoms with Gasteiger partial charge in [-0.3, -0.25) is 0 Å². The van der Waals surface area contributed by atoms with Crippen LogP contribution in [0.3, 0.4) is 0 Å². The fraction of sp³-hybridized carbons (Fsp3) is 1.00. The molecule has 0 spiro atoms. The molecule has 0 bridgehead atoms. The fourth-order valence-corrected chi connectivity index (χ4v) is 1.20. The Hall–Kier alpha value is -0.200. The summed E-state index contributed by atoms with van der Waals surface area (Å²) >= 11 is 0. The minimum absolute atomic E-state index is 0.0344. The van der Waals surface area contributed by atoms with Crippen molar-refractivity contribution in [3.05, 3.63) is 0 Å². The molecule has 5 heteroatoms. The normalized spacial score (nSPS) is 14.4. The zero-order chi connectivity index (χ0) is 11.0. The van der Waals surface area contributed by atoms with E-state index in [4.69, 9.17) is 14.9 Å². The molecule has 0 aliphatic heterocycles. The summed E-state index contributed by atoms with van der Waals surface area (Å²) in [6.07, 6.45) is -0.678. The molecule has 1 unspecified atom stereocenters. The number of aliphatic hydroxyl groups excluding tert-OH is 3. The van der Waals surface area contributed by atoms with E-state index in [1.54, 1.807) is 0 Å². The molecular formula is C9H22NO4+. The second-order valence-corrected chi connectivity index (χ2v) is 4.01. The predicted octanol–water partition coefficient (Wildman–Crippen LogP) is -1.58. The van der Waals surface area contributed by atoms with Crippen LogP contribution in [0.1, 0.15) is 0 Å². The Morgan fingerprint density at radius 3 is 2.36 bits per heavy atom. The van der Waals surface area contributed by atoms with Gasteiger partial charge in [0.15, 0.2) is 0 Å². The highest BCUT2D eigenvalue weighted by molar-refractivity contribution is 4.49. The summed E-state index contributed by atoms with van der Waals surface area (Å²) < 4.78 is 5.71. The van der Waals surface area contributed by atoms with Crippen molar-refractivity contribution in [1.82, 2.24) is 0 Å². The third-order valence-electron chi connectivity index (χ3n) is 1.99. The van der Waals surface area contributed by atoms with Crippen LogP contribution in [0.25, 0.3) is 0 Å². The summed E-state index contributed by atoms with van der Waals surface area (Å²) in [6.45, 7) is 1.97. The third kappa shape index (κ3) is 7.23. The van der Waals surface area contributed by atoms with Crippen LogP contribution in [0.15, 0.2) is 0 Å². The average molecular weight is 208 g/mol. The molecule has 3 N–H and O–H groups in total. The van der Waals surface area contributed by atoms with Crippen LogP contribution in [0.5, 0.6) is 0 Å². The zero-order valence-electron chi connectivity index (χ0n) is 9.02. The van der Waals surface area contributed by atoms with Crippen LogP contribution in [-0.2, 0) is 4.74 Å². The number of quaternary nitrogens is 1.